The summed E-state index contributed by atoms with van der Waals surface area (Å²) in [6, 6.07) is 5.77. The van der Waals surface area contributed by atoms with Gasteiger partial charge >= 0.3 is 0 Å². The maximum Gasteiger partial charge on any atom is 0.161 e. The molecule has 0 amide bonds. The van der Waals surface area contributed by atoms with E-state index in [0.29, 0.717) is 13.2 Å². The van der Waals surface area contributed by atoms with Gasteiger partial charge in [0.25, 0.3) is 0 Å². The van der Waals surface area contributed by atoms with Gasteiger partial charge in [-0.1, -0.05) is 34.1 Å². The molecule has 0 saturated heterocycles. The van der Waals surface area contributed by atoms with Gasteiger partial charge in [-0.3, -0.25) is 0 Å². The Bertz CT molecular complexity index is 364. The Kier molecular flexibility index (Phi) is 6.74. The van der Waals surface area contributed by atoms with E-state index in [1.165, 1.54) is 0 Å². The number of halogens is 1. The first-order valence-corrected chi connectivity index (χ1v) is 6.43. The van der Waals surface area contributed by atoms with E-state index in [9.17, 15) is 0 Å². The molecule has 0 spiro atoms. The molecule has 0 atom stereocenters. The third kappa shape index (κ3) is 4.79. The van der Waals surface area contributed by atoms with Crippen LogP contribution in [-0.4, -0.2) is 26.2 Å². The van der Waals surface area contributed by atoms with Crippen molar-refractivity contribution >= 4 is 15.9 Å². The number of ether oxygens (including phenoxy) is 3. The molecular weight excluding hydrogens is 284 g/mol. The predicted molar refractivity (Wildman–Crippen MR) is 72.1 cm³/mol. The van der Waals surface area contributed by atoms with Crippen LogP contribution in [0.2, 0.25) is 0 Å². The topological polar surface area (TPSA) is 27.7 Å². The van der Waals surface area contributed by atoms with Crippen molar-refractivity contribution in [1.29, 1.82) is 0 Å². The zero-order valence-electron chi connectivity index (χ0n) is 10.1. The molecule has 0 saturated carbocycles. The second kappa shape index (κ2) is 8.14. The summed E-state index contributed by atoms with van der Waals surface area (Å²) in [4.78, 5) is 0. The molecule has 0 heterocycles. The van der Waals surface area contributed by atoms with Crippen molar-refractivity contribution in [2.24, 2.45) is 0 Å². The standard InChI is InChI=1S/C13H17BrO3/c1-15-12-6-5-11(9-13(12)16-2)10-17-8-4-3-7-14/h3-6,9H,7-8,10H2,1-2H3. The van der Waals surface area contributed by atoms with Crippen molar-refractivity contribution in [1.82, 2.24) is 0 Å². The van der Waals surface area contributed by atoms with E-state index in [-0.39, 0.29) is 0 Å². The van der Waals surface area contributed by atoms with Gasteiger partial charge in [0.1, 0.15) is 0 Å². The van der Waals surface area contributed by atoms with Crippen LogP contribution < -0.4 is 9.47 Å². The summed E-state index contributed by atoms with van der Waals surface area (Å²) in [6.45, 7) is 1.17. The maximum absolute atomic E-state index is 5.49. The molecular formula is C13H17BrO3. The van der Waals surface area contributed by atoms with Crippen LogP contribution in [0.1, 0.15) is 5.56 Å². The molecule has 17 heavy (non-hydrogen) atoms. The normalized spacial score (nSPS) is 10.8. The highest BCUT2D eigenvalue weighted by molar-refractivity contribution is 9.09. The first-order valence-electron chi connectivity index (χ1n) is 5.31. The molecule has 0 aliphatic heterocycles. The highest BCUT2D eigenvalue weighted by Gasteiger charge is 2.03. The first kappa shape index (κ1) is 14.1. The Balaban J connectivity index is 2.51. The number of benzene rings is 1. The van der Waals surface area contributed by atoms with Gasteiger partial charge in [0, 0.05) is 5.33 Å². The molecule has 0 bridgehead atoms. The van der Waals surface area contributed by atoms with Gasteiger partial charge in [-0.15, -0.1) is 0 Å². The van der Waals surface area contributed by atoms with Crippen LogP contribution in [0.3, 0.4) is 0 Å². The Hall–Kier alpha value is -1.00. The highest BCUT2D eigenvalue weighted by atomic mass is 79.9. The summed E-state index contributed by atoms with van der Waals surface area (Å²) < 4.78 is 15.9. The van der Waals surface area contributed by atoms with E-state index in [1.807, 2.05) is 30.4 Å². The highest BCUT2D eigenvalue weighted by Crippen LogP contribution is 2.27. The number of hydrogen-bond acceptors (Lipinski definition) is 3. The van der Waals surface area contributed by atoms with Gasteiger partial charge in [0.15, 0.2) is 11.5 Å². The molecule has 0 unspecified atom stereocenters. The third-order valence-electron chi connectivity index (χ3n) is 2.19. The fraction of sp³-hybridized carbons (Fsp3) is 0.385. The average Bonchev–Trinajstić information content (AvgIpc) is 2.38. The number of alkyl halides is 1. The number of hydrogen-bond donors (Lipinski definition) is 0. The fourth-order valence-electron chi connectivity index (χ4n) is 1.35. The Labute approximate surface area is 111 Å². The van der Waals surface area contributed by atoms with E-state index in [4.69, 9.17) is 14.2 Å². The molecule has 0 radical (unpaired) electrons. The largest absolute Gasteiger partial charge is 0.493 e. The monoisotopic (exact) mass is 300 g/mol. The molecule has 4 heteroatoms. The molecule has 3 nitrogen and oxygen atoms in total. The zero-order chi connectivity index (χ0) is 12.5. The van der Waals surface area contributed by atoms with Crippen molar-refractivity contribution in [3.8, 4) is 11.5 Å². The van der Waals surface area contributed by atoms with Crippen molar-refractivity contribution in [2.45, 2.75) is 6.61 Å². The van der Waals surface area contributed by atoms with Gasteiger partial charge < -0.3 is 14.2 Å². The van der Waals surface area contributed by atoms with Crippen LogP contribution in [0.25, 0.3) is 0 Å². The first-order chi connectivity index (χ1) is 8.31. The van der Waals surface area contributed by atoms with E-state index in [1.54, 1.807) is 14.2 Å². The van der Waals surface area contributed by atoms with Crippen molar-refractivity contribution in [3.63, 3.8) is 0 Å². The van der Waals surface area contributed by atoms with E-state index < -0.39 is 0 Å². The van der Waals surface area contributed by atoms with Crippen molar-refractivity contribution < 1.29 is 14.2 Å². The molecule has 0 aliphatic carbocycles. The SMILES string of the molecule is COc1ccc(COCC=CCBr)cc1OC. The molecule has 94 valence electrons. The number of rotatable bonds is 7. The van der Waals surface area contributed by atoms with Gasteiger partial charge in [-0.25, -0.2) is 0 Å². The maximum atomic E-state index is 5.49. The average molecular weight is 301 g/mol. The minimum atomic E-state index is 0.562. The quantitative estimate of drug-likeness (QED) is 0.440. The lowest BCUT2D eigenvalue weighted by Crippen LogP contribution is -1.96. The third-order valence-corrected chi connectivity index (χ3v) is 2.56. The lowest BCUT2D eigenvalue weighted by atomic mass is 10.2. The Morgan fingerprint density at radius 1 is 1.12 bits per heavy atom. The van der Waals surface area contributed by atoms with E-state index in [2.05, 4.69) is 15.9 Å². The lowest BCUT2D eigenvalue weighted by molar-refractivity contribution is 0.148. The van der Waals surface area contributed by atoms with Gasteiger partial charge in [0.2, 0.25) is 0 Å². The van der Waals surface area contributed by atoms with Crippen LogP contribution in [0.4, 0.5) is 0 Å². The van der Waals surface area contributed by atoms with Gasteiger partial charge in [-0.05, 0) is 17.7 Å². The zero-order valence-corrected chi connectivity index (χ0v) is 11.7. The molecule has 1 rings (SSSR count). The lowest BCUT2D eigenvalue weighted by Gasteiger charge is -2.09. The minimum absolute atomic E-state index is 0.562. The smallest absolute Gasteiger partial charge is 0.161 e. The van der Waals surface area contributed by atoms with Crippen molar-refractivity contribution in [3.05, 3.63) is 35.9 Å². The Morgan fingerprint density at radius 2 is 1.88 bits per heavy atom. The molecule has 1 aromatic carbocycles. The Morgan fingerprint density at radius 3 is 2.53 bits per heavy atom. The van der Waals surface area contributed by atoms with Crippen molar-refractivity contribution in [2.75, 3.05) is 26.2 Å². The second-order valence-corrected chi connectivity index (χ2v) is 3.98. The summed E-state index contributed by atoms with van der Waals surface area (Å²) in [6.07, 6.45) is 3.99. The molecule has 0 aliphatic rings. The number of methoxy groups -OCH3 is 2. The summed E-state index contributed by atoms with van der Waals surface area (Å²) in [7, 11) is 3.25. The minimum Gasteiger partial charge on any atom is -0.493 e. The van der Waals surface area contributed by atoms with Gasteiger partial charge in [-0.2, -0.15) is 0 Å². The number of allylic oxidation sites excluding steroid dienone is 1. The summed E-state index contributed by atoms with van der Waals surface area (Å²) in [5.41, 5.74) is 1.06. The van der Waals surface area contributed by atoms with E-state index in [0.717, 1.165) is 22.4 Å². The second-order valence-electron chi connectivity index (χ2n) is 3.33. The summed E-state index contributed by atoms with van der Waals surface area (Å²) >= 11 is 3.31. The van der Waals surface area contributed by atoms with Crippen LogP contribution in [-0.2, 0) is 11.3 Å². The summed E-state index contributed by atoms with van der Waals surface area (Å²) in [5.74, 6) is 1.46. The fourth-order valence-corrected chi connectivity index (χ4v) is 1.61. The van der Waals surface area contributed by atoms with Crippen LogP contribution >= 0.6 is 15.9 Å². The molecule has 0 aromatic heterocycles. The van der Waals surface area contributed by atoms with E-state index >= 15 is 0 Å². The molecule has 0 fully saturated rings. The predicted octanol–water partition coefficient (Wildman–Crippen LogP) is 3.17. The molecule has 1 aromatic rings. The summed E-state index contributed by atoms with van der Waals surface area (Å²) in [5, 5.41) is 0.854. The van der Waals surface area contributed by atoms with Crippen LogP contribution in [0.5, 0.6) is 11.5 Å². The molecule has 0 N–H and O–H groups in total. The van der Waals surface area contributed by atoms with Gasteiger partial charge in [0.05, 0.1) is 27.4 Å². The van der Waals surface area contributed by atoms with Crippen LogP contribution in [0, 0.1) is 0 Å². The van der Waals surface area contributed by atoms with Crippen LogP contribution in [0.15, 0.2) is 30.4 Å².